The molecule has 1 aliphatic heterocycles. The Balaban J connectivity index is 2.16. The Morgan fingerprint density at radius 1 is 1.50 bits per heavy atom. The molecule has 1 aliphatic rings. The maximum atomic E-state index is 5.70. The van der Waals surface area contributed by atoms with E-state index in [1.807, 2.05) is 20.2 Å². The van der Waals surface area contributed by atoms with E-state index >= 15 is 0 Å². The lowest BCUT2D eigenvalue weighted by atomic mass is 10.1. The van der Waals surface area contributed by atoms with Gasteiger partial charge >= 0.3 is 0 Å². The van der Waals surface area contributed by atoms with Crippen molar-refractivity contribution in [1.29, 1.82) is 0 Å². The van der Waals surface area contributed by atoms with Crippen LogP contribution in [0.1, 0.15) is 25.1 Å². The second kappa shape index (κ2) is 5.20. The lowest BCUT2D eigenvalue weighted by molar-refractivity contribution is -0.0281. The summed E-state index contributed by atoms with van der Waals surface area (Å²) in [5.74, 6) is 0.809. The molecule has 0 unspecified atom stereocenters. The van der Waals surface area contributed by atoms with Crippen molar-refractivity contribution in [3.63, 3.8) is 0 Å². The van der Waals surface area contributed by atoms with Gasteiger partial charge in [0.15, 0.2) is 0 Å². The highest BCUT2D eigenvalue weighted by atomic mass is 16.5. The van der Waals surface area contributed by atoms with Crippen LogP contribution in [0.15, 0.2) is 6.20 Å². The monoisotopic (exact) mass is 250 g/mol. The van der Waals surface area contributed by atoms with Crippen molar-refractivity contribution in [2.45, 2.75) is 32.9 Å². The minimum Gasteiger partial charge on any atom is -0.372 e. The predicted octanol–water partition coefficient (Wildman–Crippen LogP) is 1.12. The molecular weight excluding hydrogens is 228 g/mol. The highest BCUT2D eigenvalue weighted by molar-refractivity contribution is 5.34. The average Bonchev–Trinajstić information content (AvgIpc) is 2.30. The zero-order chi connectivity index (χ0) is 13.2. The number of morpholine rings is 1. The third-order valence-electron chi connectivity index (χ3n) is 3.14. The molecule has 0 aromatic carbocycles. The molecule has 0 saturated carbocycles. The quantitative estimate of drug-likeness (QED) is 0.871. The number of aryl methyl sites for hydroxylation is 1. The van der Waals surface area contributed by atoms with Gasteiger partial charge < -0.3 is 15.0 Å². The van der Waals surface area contributed by atoms with Crippen molar-refractivity contribution in [2.75, 3.05) is 31.6 Å². The first kappa shape index (κ1) is 13.2. The molecule has 0 amide bonds. The fraction of sp³-hybridized carbons (Fsp3) is 0.692. The summed E-state index contributed by atoms with van der Waals surface area (Å²) in [5, 5.41) is 3.12. The predicted molar refractivity (Wildman–Crippen MR) is 71.8 cm³/mol. The zero-order valence-electron chi connectivity index (χ0n) is 11.7. The van der Waals surface area contributed by atoms with E-state index in [-0.39, 0.29) is 5.60 Å². The Morgan fingerprint density at radius 3 is 2.89 bits per heavy atom. The number of hydrogen-bond donors (Lipinski definition) is 1. The van der Waals surface area contributed by atoms with E-state index in [9.17, 15) is 0 Å². The first-order chi connectivity index (χ1) is 8.52. The maximum absolute atomic E-state index is 5.70. The topological polar surface area (TPSA) is 50.3 Å². The van der Waals surface area contributed by atoms with Crippen LogP contribution in [-0.2, 0) is 11.3 Å². The largest absolute Gasteiger partial charge is 0.372 e. The van der Waals surface area contributed by atoms with E-state index in [0.29, 0.717) is 0 Å². The van der Waals surface area contributed by atoms with Gasteiger partial charge in [0.05, 0.1) is 12.2 Å². The van der Waals surface area contributed by atoms with Crippen LogP contribution in [0.2, 0.25) is 0 Å². The van der Waals surface area contributed by atoms with Crippen LogP contribution in [0.5, 0.6) is 0 Å². The summed E-state index contributed by atoms with van der Waals surface area (Å²) in [6.45, 7) is 9.45. The molecule has 0 atom stereocenters. The molecular formula is C13H22N4O. The van der Waals surface area contributed by atoms with E-state index in [0.717, 1.165) is 43.4 Å². The fourth-order valence-electron chi connectivity index (χ4n) is 2.18. The van der Waals surface area contributed by atoms with Gasteiger partial charge in [-0.3, -0.25) is 0 Å². The van der Waals surface area contributed by atoms with Crippen LogP contribution in [0.4, 0.5) is 5.95 Å². The maximum Gasteiger partial charge on any atom is 0.225 e. The molecule has 1 fully saturated rings. The first-order valence-corrected chi connectivity index (χ1v) is 6.38. The second-order valence-electron chi connectivity index (χ2n) is 5.34. The molecule has 1 N–H and O–H groups in total. The van der Waals surface area contributed by atoms with Gasteiger partial charge in [-0.1, -0.05) is 0 Å². The highest BCUT2D eigenvalue weighted by Crippen LogP contribution is 2.20. The SMILES string of the molecule is CNCc1cnc(N2CCOC(C)(C)C2)nc1C. The number of hydrogen-bond acceptors (Lipinski definition) is 5. The van der Waals surface area contributed by atoms with Crippen molar-refractivity contribution < 1.29 is 4.74 Å². The van der Waals surface area contributed by atoms with E-state index in [2.05, 4.69) is 34.0 Å². The number of nitrogens with zero attached hydrogens (tertiary/aromatic N) is 3. The number of nitrogens with one attached hydrogen (secondary N) is 1. The molecule has 100 valence electrons. The molecule has 0 radical (unpaired) electrons. The van der Waals surface area contributed by atoms with E-state index in [1.54, 1.807) is 0 Å². The molecule has 1 saturated heterocycles. The van der Waals surface area contributed by atoms with Crippen molar-refractivity contribution >= 4 is 5.95 Å². The Hall–Kier alpha value is -1.20. The molecule has 2 rings (SSSR count). The normalized spacial score (nSPS) is 19.0. The number of ether oxygens (including phenoxy) is 1. The number of aromatic nitrogens is 2. The minimum atomic E-state index is -0.126. The lowest BCUT2D eigenvalue weighted by Gasteiger charge is -2.38. The molecule has 5 nitrogen and oxygen atoms in total. The fourth-order valence-corrected chi connectivity index (χ4v) is 2.18. The summed E-state index contributed by atoms with van der Waals surface area (Å²) in [6, 6.07) is 0. The van der Waals surface area contributed by atoms with Crippen molar-refractivity contribution in [2.24, 2.45) is 0 Å². The van der Waals surface area contributed by atoms with Crippen LogP contribution in [0.25, 0.3) is 0 Å². The van der Waals surface area contributed by atoms with Crippen LogP contribution in [-0.4, -0.2) is 42.3 Å². The Kier molecular flexibility index (Phi) is 3.82. The average molecular weight is 250 g/mol. The molecule has 2 heterocycles. The summed E-state index contributed by atoms with van der Waals surface area (Å²) in [7, 11) is 1.93. The van der Waals surface area contributed by atoms with Crippen LogP contribution in [0, 0.1) is 6.92 Å². The van der Waals surface area contributed by atoms with Gasteiger partial charge in [-0.05, 0) is 27.8 Å². The van der Waals surface area contributed by atoms with Crippen molar-refractivity contribution in [3.05, 3.63) is 17.5 Å². The standard InChI is InChI=1S/C13H22N4O/c1-10-11(7-14-4)8-15-12(16-10)17-5-6-18-13(2,3)9-17/h8,14H,5-7,9H2,1-4H3. The smallest absolute Gasteiger partial charge is 0.225 e. The Bertz CT molecular complexity index is 419. The summed E-state index contributed by atoms with van der Waals surface area (Å²) in [5.41, 5.74) is 2.06. The Morgan fingerprint density at radius 2 is 2.28 bits per heavy atom. The molecule has 0 bridgehead atoms. The molecule has 18 heavy (non-hydrogen) atoms. The minimum absolute atomic E-state index is 0.126. The highest BCUT2D eigenvalue weighted by Gasteiger charge is 2.28. The molecule has 5 heteroatoms. The molecule has 1 aromatic rings. The van der Waals surface area contributed by atoms with E-state index in [1.165, 1.54) is 0 Å². The third kappa shape index (κ3) is 2.97. The summed E-state index contributed by atoms with van der Waals surface area (Å²) < 4.78 is 5.70. The van der Waals surface area contributed by atoms with Crippen molar-refractivity contribution in [3.8, 4) is 0 Å². The Labute approximate surface area is 109 Å². The lowest BCUT2D eigenvalue weighted by Crippen LogP contribution is -2.49. The van der Waals surface area contributed by atoms with Gasteiger partial charge in [0, 0.05) is 37.1 Å². The van der Waals surface area contributed by atoms with E-state index in [4.69, 9.17) is 4.74 Å². The van der Waals surface area contributed by atoms with Crippen LogP contribution >= 0.6 is 0 Å². The first-order valence-electron chi connectivity index (χ1n) is 6.38. The number of anilines is 1. The van der Waals surface area contributed by atoms with Gasteiger partial charge in [0.2, 0.25) is 5.95 Å². The summed E-state index contributed by atoms with van der Waals surface area (Å²) in [6.07, 6.45) is 1.91. The third-order valence-corrected chi connectivity index (χ3v) is 3.14. The van der Waals surface area contributed by atoms with Gasteiger partial charge in [-0.2, -0.15) is 0 Å². The number of rotatable bonds is 3. The van der Waals surface area contributed by atoms with Gasteiger partial charge in [-0.15, -0.1) is 0 Å². The molecule has 0 aliphatic carbocycles. The van der Waals surface area contributed by atoms with Crippen LogP contribution in [0.3, 0.4) is 0 Å². The van der Waals surface area contributed by atoms with E-state index < -0.39 is 0 Å². The summed E-state index contributed by atoms with van der Waals surface area (Å²) >= 11 is 0. The summed E-state index contributed by atoms with van der Waals surface area (Å²) in [4.78, 5) is 11.3. The molecule has 1 aromatic heterocycles. The van der Waals surface area contributed by atoms with Gasteiger partial charge in [0.25, 0.3) is 0 Å². The van der Waals surface area contributed by atoms with Gasteiger partial charge in [-0.25, -0.2) is 9.97 Å². The van der Waals surface area contributed by atoms with Crippen LogP contribution < -0.4 is 10.2 Å². The van der Waals surface area contributed by atoms with Crippen molar-refractivity contribution in [1.82, 2.24) is 15.3 Å². The molecule has 0 spiro atoms. The van der Waals surface area contributed by atoms with Gasteiger partial charge in [0.1, 0.15) is 0 Å². The zero-order valence-corrected chi connectivity index (χ0v) is 11.7. The second-order valence-corrected chi connectivity index (χ2v) is 5.34.